The molecular formula is C9H21NO. The van der Waals surface area contributed by atoms with Gasteiger partial charge in [0, 0.05) is 6.04 Å². The maximum Gasteiger partial charge on any atom is 0.0584 e. The Hall–Kier alpha value is -0.0800. The summed E-state index contributed by atoms with van der Waals surface area (Å²) >= 11 is 0. The zero-order valence-corrected chi connectivity index (χ0v) is 7.77. The molecule has 0 aromatic heterocycles. The van der Waals surface area contributed by atoms with Crippen LogP contribution in [0, 0.1) is 0 Å². The average molecular weight is 159 g/mol. The third-order valence-corrected chi connectivity index (χ3v) is 1.88. The van der Waals surface area contributed by atoms with E-state index in [-0.39, 0.29) is 0 Å². The molecule has 0 aromatic rings. The first-order valence-electron chi connectivity index (χ1n) is 4.69. The largest absolute Gasteiger partial charge is 0.395 e. The molecule has 1 atom stereocenters. The first-order valence-corrected chi connectivity index (χ1v) is 4.69. The molecular weight excluding hydrogens is 138 g/mol. The van der Waals surface area contributed by atoms with Gasteiger partial charge in [-0.05, 0) is 19.4 Å². The second-order valence-electron chi connectivity index (χ2n) is 2.98. The van der Waals surface area contributed by atoms with Gasteiger partial charge in [-0.2, -0.15) is 0 Å². The smallest absolute Gasteiger partial charge is 0.0584 e. The molecule has 11 heavy (non-hydrogen) atoms. The van der Waals surface area contributed by atoms with Gasteiger partial charge in [0.2, 0.25) is 0 Å². The van der Waals surface area contributed by atoms with E-state index < -0.39 is 0 Å². The molecule has 1 saturated heterocycles. The molecule has 1 fully saturated rings. The molecule has 0 aliphatic carbocycles. The number of aliphatic hydroxyl groups excluding tert-OH is 1. The highest BCUT2D eigenvalue weighted by atomic mass is 16.3. The third-order valence-electron chi connectivity index (χ3n) is 1.88. The molecule has 0 aromatic carbocycles. The van der Waals surface area contributed by atoms with Crippen molar-refractivity contribution in [1.29, 1.82) is 0 Å². The predicted octanol–water partition coefficient (Wildman–Crippen LogP) is 1.54. The van der Waals surface area contributed by atoms with Crippen molar-refractivity contribution in [3.8, 4) is 0 Å². The van der Waals surface area contributed by atoms with E-state index in [4.69, 9.17) is 5.11 Å². The molecule has 1 heterocycles. The molecule has 2 heteroatoms. The fraction of sp³-hybridized carbons (Fsp3) is 1.00. The maximum atomic E-state index is 8.50. The molecule has 2 N–H and O–H groups in total. The van der Waals surface area contributed by atoms with E-state index in [1.165, 1.54) is 19.3 Å². The zero-order chi connectivity index (χ0) is 8.53. The van der Waals surface area contributed by atoms with Gasteiger partial charge in [0.15, 0.2) is 0 Å². The SMILES string of the molecule is CCCC.OCC1CCCN1. The van der Waals surface area contributed by atoms with Crippen molar-refractivity contribution in [3.63, 3.8) is 0 Å². The fourth-order valence-electron chi connectivity index (χ4n) is 0.913. The van der Waals surface area contributed by atoms with Crippen LogP contribution in [0.5, 0.6) is 0 Å². The third kappa shape index (κ3) is 6.32. The standard InChI is InChI=1S/C5H11NO.C4H10/c7-4-5-2-1-3-6-5;1-3-4-2/h5-7H,1-4H2;3-4H2,1-2H3. The lowest BCUT2D eigenvalue weighted by atomic mass is 10.2. The van der Waals surface area contributed by atoms with E-state index in [0.717, 1.165) is 13.0 Å². The van der Waals surface area contributed by atoms with E-state index in [9.17, 15) is 0 Å². The van der Waals surface area contributed by atoms with E-state index in [1.807, 2.05) is 0 Å². The molecule has 1 aliphatic heterocycles. The van der Waals surface area contributed by atoms with Crippen LogP contribution < -0.4 is 5.32 Å². The molecule has 68 valence electrons. The van der Waals surface area contributed by atoms with Crippen LogP contribution in [-0.4, -0.2) is 24.3 Å². The normalized spacial score (nSPS) is 22.6. The van der Waals surface area contributed by atoms with Crippen LogP contribution in [-0.2, 0) is 0 Å². The Morgan fingerprint density at radius 1 is 1.36 bits per heavy atom. The summed E-state index contributed by atoms with van der Waals surface area (Å²) in [5.41, 5.74) is 0. The number of nitrogens with one attached hydrogen (secondary N) is 1. The second kappa shape index (κ2) is 8.02. The summed E-state index contributed by atoms with van der Waals surface area (Å²) in [6.07, 6.45) is 5.02. The summed E-state index contributed by atoms with van der Waals surface area (Å²) in [5.74, 6) is 0. The Morgan fingerprint density at radius 2 is 2.00 bits per heavy atom. The quantitative estimate of drug-likeness (QED) is 0.640. The van der Waals surface area contributed by atoms with Crippen LogP contribution in [0.25, 0.3) is 0 Å². The fourth-order valence-corrected chi connectivity index (χ4v) is 0.913. The number of aliphatic hydroxyl groups is 1. The average Bonchev–Trinajstić information content (AvgIpc) is 2.56. The van der Waals surface area contributed by atoms with E-state index in [2.05, 4.69) is 19.2 Å². The van der Waals surface area contributed by atoms with Gasteiger partial charge in [0.25, 0.3) is 0 Å². The minimum absolute atomic E-state index is 0.306. The molecule has 0 bridgehead atoms. The first kappa shape index (κ1) is 10.9. The lowest BCUT2D eigenvalue weighted by molar-refractivity contribution is 0.255. The van der Waals surface area contributed by atoms with Gasteiger partial charge >= 0.3 is 0 Å². The molecule has 1 unspecified atom stereocenters. The van der Waals surface area contributed by atoms with Gasteiger partial charge in [-0.15, -0.1) is 0 Å². The van der Waals surface area contributed by atoms with Crippen molar-refractivity contribution in [3.05, 3.63) is 0 Å². The predicted molar refractivity (Wildman–Crippen MR) is 48.7 cm³/mol. The van der Waals surface area contributed by atoms with E-state index in [0.29, 0.717) is 12.6 Å². The summed E-state index contributed by atoms with van der Waals surface area (Å²) in [5, 5.41) is 11.7. The van der Waals surface area contributed by atoms with Gasteiger partial charge in [-0.3, -0.25) is 0 Å². The maximum absolute atomic E-state index is 8.50. The van der Waals surface area contributed by atoms with Crippen molar-refractivity contribution >= 4 is 0 Å². The van der Waals surface area contributed by atoms with Crippen LogP contribution in [0.1, 0.15) is 39.5 Å². The van der Waals surface area contributed by atoms with Gasteiger partial charge in [0.1, 0.15) is 0 Å². The Labute approximate surface area is 70.0 Å². The van der Waals surface area contributed by atoms with Crippen LogP contribution in [0.3, 0.4) is 0 Å². The molecule has 0 saturated carbocycles. The molecule has 2 nitrogen and oxygen atoms in total. The number of hydrogen-bond acceptors (Lipinski definition) is 2. The summed E-state index contributed by atoms with van der Waals surface area (Å²) in [4.78, 5) is 0. The zero-order valence-electron chi connectivity index (χ0n) is 7.77. The Bertz CT molecular complexity index is 68.0. The van der Waals surface area contributed by atoms with Gasteiger partial charge in [-0.1, -0.05) is 26.7 Å². The Kier molecular flexibility index (Phi) is 7.96. The number of unbranched alkanes of at least 4 members (excludes halogenated alkanes) is 1. The van der Waals surface area contributed by atoms with Crippen molar-refractivity contribution < 1.29 is 5.11 Å². The van der Waals surface area contributed by atoms with E-state index >= 15 is 0 Å². The Morgan fingerprint density at radius 3 is 2.18 bits per heavy atom. The Balaban J connectivity index is 0.000000218. The van der Waals surface area contributed by atoms with Gasteiger partial charge in [-0.25, -0.2) is 0 Å². The molecule has 0 radical (unpaired) electrons. The number of hydrogen-bond donors (Lipinski definition) is 2. The second-order valence-corrected chi connectivity index (χ2v) is 2.98. The van der Waals surface area contributed by atoms with Crippen LogP contribution in [0.4, 0.5) is 0 Å². The van der Waals surface area contributed by atoms with Crippen molar-refractivity contribution in [2.45, 2.75) is 45.6 Å². The molecule has 0 amide bonds. The lowest BCUT2D eigenvalue weighted by Crippen LogP contribution is -2.24. The minimum atomic E-state index is 0.306. The molecule has 0 spiro atoms. The monoisotopic (exact) mass is 159 g/mol. The van der Waals surface area contributed by atoms with Crippen LogP contribution in [0.15, 0.2) is 0 Å². The van der Waals surface area contributed by atoms with Gasteiger partial charge < -0.3 is 10.4 Å². The highest BCUT2D eigenvalue weighted by Gasteiger charge is 2.10. The first-order chi connectivity index (χ1) is 5.35. The topological polar surface area (TPSA) is 32.3 Å². The summed E-state index contributed by atoms with van der Waals surface area (Å²) < 4.78 is 0. The number of rotatable bonds is 2. The summed E-state index contributed by atoms with van der Waals surface area (Å²) in [6.45, 7) is 5.76. The minimum Gasteiger partial charge on any atom is -0.395 e. The lowest BCUT2D eigenvalue weighted by Gasteiger charge is -2.01. The van der Waals surface area contributed by atoms with Crippen molar-refractivity contribution in [2.24, 2.45) is 0 Å². The van der Waals surface area contributed by atoms with Crippen molar-refractivity contribution in [1.82, 2.24) is 5.32 Å². The van der Waals surface area contributed by atoms with E-state index in [1.54, 1.807) is 0 Å². The van der Waals surface area contributed by atoms with Crippen LogP contribution in [0.2, 0.25) is 0 Å². The highest BCUT2D eigenvalue weighted by Crippen LogP contribution is 2.02. The highest BCUT2D eigenvalue weighted by molar-refractivity contribution is 4.71. The summed E-state index contributed by atoms with van der Waals surface area (Å²) in [6, 6.07) is 0.403. The summed E-state index contributed by atoms with van der Waals surface area (Å²) in [7, 11) is 0. The van der Waals surface area contributed by atoms with Gasteiger partial charge in [0.05, 0.1) is 6.61 Å². The molecule has 1 rings (SSSR count). The van der Waals surface area contributed by atoms with Crippen molar-refractivity contribution in [2.75, 3.05) is 13.2 Å². The van der Waals surface area contributed by atoms with Crippen LogP contribution >= 0.6 is 0 Å². The molecule has 1 aliphatic rings.